The summed E-state index contributed by atoms with van der Waals surface area (Å²) in [6.07, 6.45) is 3.40. The lowest BCUT2D eigenvalue weighted by molar-refractivity contribution is 0.105. The second kappa shape index (κ2) is 7.68. The third-order valence-corrected chi connectivity index (χ3v) is 4.80. The van der Waals surface area contributed by atoms with Crippen molar-refractivity contribution in [2.45, 2.75) is 65.4 Å². The van der Waals surface area contributed by atoms with Crippen LogP contribution in [0.25, 0.3) is 11.1 Å². The first-order valence-electron chi connectivity index (χ1n) is 8.88. The Labute approximate surface area is 141 Å². The first-order valence-corrected chi connectivity index (χ1v) is 8.88. The van der Waals surface area contributed by atoms with Crippen molar-refractivity contribution >= 4 is 0 Å². The Balaban J connectivity index is 2.13. The summed E-state index contributed by atoms with van der Waals surface area (Å²) < 4.78 is 6.02. The van der Waals surface area contributed by atoms with Crippen LogP contribution in [0.15, 0.2) is 48.5 Å². The molecular weight excluding hydrogens is 280 g/mol. The van der Waals surface area contributed by atoms with E-state index in [2.05, 4.69) is 83.1 Å². The highest BCUT2D eigenvalue weighted by Crippen LogP contribution is 2.28. The van der Waals surface area contributed by atoms with Gasteiger partial charge < -0.3 is 4.74 Å². The van der Waals surface area contributed by atoms with E-state index in [1.165, 1.54) is 29.5 Å². The van der Waals surface area contributed by atoms with Crippen molar-refractivity contribution in [1.82, 2.24) is 0 Å². The lowest BCUT2D eigenvalue weighted by Gasteiger charge is -2.24. The first kappa shape index (κ1) is 17.6. The lowest BCUT2D eigenvalue weighted by Crippen LogP contribution is -2.26. The molecule has 0 fully saturated rings. The number of rotatable bonds is 7. The molecule has 0 aliphatic carbocycles. The van der Waals surface area contributed by atoms with E-state index in [-0.39, 0.29) is 5.60 Å². The molecule has 0 spiro atoms. The van der Waals surface area contributed by atoms with E-state index in [4.69, 9.17) is 4.74 Å². The van der Waals surface area contributed by atoms with Crippen molar-refractivity contribution in [3.8, 4) is 16.9 Å². The van der Waals surface area contributed by atoms with Gasteiger partial charge in [0, 0.05) is 0 Å². The number of hydrogen-bond donors (Lipinski definition) is 0. The predicted octanol–water partition coefficient (Wildman–Crippen LogP) is 6.82. The quantitative estimate of drug-likeness (QED) is 0.545. The molecule has 124 valence electrons. The zero-order valence-corrected chi connectivity index (χ0v) is 15.2. The summed E-state index contributed by atoms with van der Waals surface area (Å²) in [6, 6.07) is 17.5. The van der Waals surface area contributed by atoms with Crippen LogP contribution in [0.5, 0.6) is 5.75 Å². The maximum atomic E-state index is 6.02. The van der Waals surface area contributed by atoms with Crippen LogP contribution in [0.3, 0.4) is 0 Å². The molecule has 1 heteroatoms. The molecule has 23 heavy (non-hydrogen) atoms. The fourth-order valence-electron chi connectivity index (χ4n) is 2.81. The third kappa shape index (κ3) is 4.60. The minimum atomic E-state index is -0.113. The molecule has 0 amide bonds. The van der Waals surface area contributed by atoms with Crippen molar-refractivity contribution in [1.29, 1.82) is 0 Å². The zero-order valence-electron chi connectivity index (χ0n) is 15.2. The molecule has 2 rings (SSSR count). The normalized spacial score (nSPS) is 11.7. The number of ether oxygens (including phenoxy) is 1. The SMILES string of the molecule is CCC(CC)c1ccc(-c2ccc(OC(C)(C)CC)cc2)cc1. The Morgan fingerprint density at radius 1 is 0.783 bits per heavy atom. The maximum Gasteiger partial charge on any atom is 0.120 e. The molecule has 0 heterocycles. The van der Waals surface area contributed by atoms with Crippen molar-refractivity contribution in [2.24, 2.45) is 0 Å². The lowest BCUT2D eigenvalue weighted by atomic mass is 9.92. The van der Waals surface area contributed by atoms with Gasteiger partial charge in [-0.05, 0) is 67.9 Å². The molecule has 0 N–H and O–H groups in total. The van der Waals surface area contributed by atoms with Crippen LogP contribution in [-0.2, 0) is 0 Å². The van der Waals surface area contributed by atoms with Gasteiger partial charge >= 0.3 is 0 Å². The van der Waals surface area contributed by atoms with Gasteiger partial charge in [0.25, 0.3) is 0 Å². The standard InChI is InChI=1S/C22H30O/c1-6-17(7-2)18-9-11-19(12-10-18)20-13-15-21(16-14-20)23-22(4,5)8-3/h9-17H,6-8H2,1-5H3. The van der Waals surface area contributed by atoms with Gasteiger partial charge in [-0.1, -0.05) is 57.2 Å². The summed E-state index contributed by atoms with van der Waals surface area (Å²) >= 11 is 0. The Kier molecular flexibility index (Phi) is 5.87. The summed E-state index contributed by atoms with van der Waals surface area (Å²) in [6.45, 7) is 10.9. The second-order valence-corrected chi connectivity index (χ2v) is 6.88. The van der Waals surface area contributed by atoms with Crippen LogP contribution >= 0.6 is 0 Å². The average molecular weight is 310 g/mol. The van der Waals surface area contributed by atoms with E-state index in [9.17, 15) is 0 Å². The Morgan fingerprint density at radius 3 is 1.70 bits per heavy atom. The molecule has 0 saturated heterocycles. The predicted molar refractivity (Wildman–Crippen MR) is 100 cm³/mol. The van der Waals surface area contributed by atoms with Crippen LogP contribution in [-0.4, -0.2) is 5.60 Å². The zero-order chi connectivity index (χ0) is 16.9. The number of hydrogen-bond acceptors (Lipinski definition) is 1. The average Bonchev–Trinajstić information content (AvgIpc) is 2.57. The summed E-state index contributed by atoms with van der Waals surface area (Å²) in [5.74, 6) is 1.62. The van der Waals surface area contributed by atoms with Gasteiger partial charge in [0.2, 0.25) is 0 Å². The molecule has 0 bridgehead atoms. The highest BCUT2D eigenvalue weighted by atomic mass is 16.5. The van der Waals surface area contributed by atoms with Gasteiger partial charge in [0.05, 0.1) is 0 Å². The van der Waals surface area contributed by atoms with E-state index in [0.29, 0.717) is 5.92 Å². The highest BCUT2D eigenvalue weighted by Gasteiger charge is 2.16. The molecule has 0 radical (unpaired) electrons. The van der Waals surface area contributed by atoms with Crippen molar-refractivity contribution in [3.63, 3.8) is 0 Å². The summed E-state index contributed by atoms with van der Waals surface area (Å²) in [5.41, 5.74) is 3.84. The largest absolute Gasteiger partial charge is 0.488 e. The van der Waals surface area contributed by atoms with E-state index < -0.39 is 0 Å². The van der Waals surface area contributed by atoms with Gasteiger partial charge in [-0.3, -0.25) is 0 Å². The van der Waals surface area contributed by atoms with E-state index in [1.54, 1.807) is 0 Å². The summed E-state index contributed by atoms with van der Waals surface area (Å²) in [7, 11) is 0. The van der Waals surface area contributed by atoms with Crippen molar-refractivity contribution < 1.29 is 4.74 Å². The molecule has 1 nitrogen and oxygen atoms in total. The molecule has 0 aliphatic rings. The second-order valence-electron chi connectivity index (χ2n) is 6.88. The third-order valence-electron chi connectivity index (χ3n) is 4.80. The fraction of sp³-hybridized carbons (Fsp3) is 0.455. The van der Waals surface area contributed by atoms with Crippen molar-refractivity contribution in [3.05, 3.63) is 54.1 Å². The molecule has 0 unspecified atom stereocenters. The van der Waals surface area contributed by atoms with Gasteiger partial charge in [0.1, 0.15) is 11.4 Å². The highest BCUT2D eigenvalue weighted by molar-refractivity contribution is 5.64. The Hall–Kier alpha value is -1.76. The molecule has 0 saturated carbocycles. The fourth-order valence-corrected chi connectivity index (χ4v) is 2.81. The van der Waals surface area contributed by atoms with Crippen LogP contribution < -0.4 is 4.74 Å². The first-order chi connectivity index (χ1) is 11.0. The molecular formula is C22H30O. The Bertz CT molecular complexity index is 589. The molecule has 0 aromatic heterocycles. The minimum absolute atomic E-state index is 0.113. The van der Waals surface area contributed by atoms with Crippen LogP contribution in [0.2, 0.25) is 0 Å². The van der Waals surface area contributed by atoms with Gasteiger partial charge in [0.15, 0.2) is 0 Å². The Morgan fingerprint density at radius 2 is 1.26 bits per heavy atom. The summed E-state index contributed by atoms with van der Waals surface area (Å²) in [5, 5.41) is 0. The molecule has 0 aliphatic heterocycles. The van der Waals surface area contributed by atoms with E-state index in [1.807, 2.05) is 0 Å². The number of benzene rings is 2. The monoisotopic (exact) mass is 310 g/mol. The van der Waals surface area contributed by atoms with Crippen molar-refractivity contribution in [2.75, 3.05) is 0 Å². The summed E-state index contributed by atoms with van der Waals surface area (Å²) in [4.78, 5) is 0. The molecule has 2 aromatic rings. The van der Waals surface area contributed by atoms with Crippen LogP contribution in [0, 0.1) is 0 Å². The topological polar surface area (TPSA) is 9.23 Å². The van der Waals surface area contributed by atoms with Gasteiger partial charge in [-0.15, -0.1) is 0 Å². The van der Waals surface area contributed by atoms with Crippen LogP contribution in [0.1, 0.15) is 65.4 Å². The van der Waals surface area contributed by atoms with Crippen LogP contribution in [0.4, 0.5) is 0 Å². The van der Waals surface area contributed by atoms with Gasteiger partial charge in [-0.2, -0.15) is 0 Å². The minimum Gasteiger partial charge on any atom is -0.488 e. The van der Waals surface area contributed by atoms with E-state index in [0.717, 1.165) is 12.2 Å². The maximum absolute atomic E-state index is 6.02. The molecule has 2 aromatic carbocycles. The van der Waals surface area contributed by atoms with Gasteiger partial charge in [-0.25, -0.2) is 0 Å². The molecule has 0 atom stereocenters. The van der Waals surface area contributed by atoms with E-state index >= 15 is 0 Å². The smallest absolute Gasteiger partial charge is 0.120 e.